The summed E-state index contributed by atoms with van der Waals surface area (Å²) < 4.78 is 21.1. The van der Waals surface area contributed by atoms with Gasteiger partial charge in [-0.15, -0.1) is 5.10 Å². The number of rotatable bonds is 4. The Morgan fingerprint density at radius 1 is 1.48 bits per heavy atom. The van der Waals surface area contributed by atoms with Gasteiger partial charge >= 0.3 is 0 Å². The minimum absolute atomic E-state index is 0.0387. The number of amides is 2. The van der Waals surface area contributed by atoms with Crippen molar-refractivity contribution in [1.29, 1.82) is 0 Å². The predicted molar refractivity (Wildman–Crippen MR) is 83.3 cm³/mol. The molecule has 2 aromatic heterocycles. The molecule has 1 fully saturated rings. The van der Waals surface area contributed by atoms with Crippen molar-refractivity contribution in [3.05, 3.63) is 29.7 Å². The summed E-state index contributed by atoms with van der Waals surface area (Å²) in [6, 6.07) is -0.635. The molecule has 0 aromatic carbocycles. The molecule has 9 nitrogen and oxygen atoms in total. The number of carbonyl (C=O) groups is 2. The minimum atomic E-state index is -1.35. The predicted octanol–water partition coefficient (Wildman–Crippen LogP) is 0.0230. The van der Waals surface area contributed by atoms with Crippen LogP contribution in [0.15, 0.2) is 16.8 Å². The second kappa shape index (κ2) is 6.99. The van der Waals surface area contributed by atoms with Crippen molar-refractivity contribution in [3.63, 3.8) is 0 Å². The molecule has 0 bridgehead atoms. The SMILES string of the molecule is Cc1ncc(C(=O)N2CCC(NC(=O)Cc3cn(C)nn3)C(F)C2)o1. The maximum absolute atomic E-state index is 14.4. The molecule has 25 heavy (non-hydrogen) atoms. The molecule has 0 radical (unpaired) electrons. The van der Waals surface area contributed by atoms with Gasteiger partial charge in [0, 0.05) is 26.7 Å². The summed E-state index contributed by atoms with van der Waals surface area (Å²) in [5.74, 6) is -0.243. The second-order valence-electron chi connectivity index (χ2n) is 6.03. The molecule has 0 saturated carbocycles. The van der Waals surface area contributed by atoms with Crippen molar-refractivity contribution in [2.24, 2.45) is 7.05 Å². The molecular weight excluding hydrogens is 331 g/mol. The van der Waals surface area contributed by atoms with E-state index >= 15 is 0 Å². The zero-order valence-corrected chi connectivity index (χ0v) is 14.0. The Morgan fingerprint density at radius 3 is 2.88 bits per heavy atom. The largest absolute Gasteiger partial charge is 0.436 e. The lowest BCUT2D eigenvalue weighted by molar-refractivity contribution is -0.122. The van der Waals surface area contributed by atoms with Crippen LogP contribution in [0.2, 0.25) is 0 Å². The van der Waals surface area contributed by atoms with Crippen LogP contribution >= 0.6 is 0 Å². The van der Waals surface area contributed by atoms with Crippen molar-refractivity contribution in [1.82, 2.24) is 30.2 Å². The van der Waals surface area contributed by atoms with Crippen LogP contribution in [0.1, 0.15) is 28.6 Å². The molecule has 134 valence electrons. The van der Waals surface area contributed by atoms with E-state index in [4.69, 9.17) is 4.42 Å². The van der Waals surface area contributed by atoms with E-state index in [0.29, 0.717) is 24.6 Å². The fourth-order valence-electron chi connectivity index (χ4n) is 2.77. The summed E-state index contributed by atoms with van der Waals surface area (Å²) in [6.07, 6.45) is 1.98. The molecule has 10 heteroatoms. The van der Waals surface area contributed by atoms with E-state index in [0.717, 1.165) is 0 Å². The smallest absolute Gasteiger partial charge is 0.291 e. The van der Waals surface area contributed by atoms with Gasteiger partial charge in [0.1, 0.15) is 6.17 Å². The number of likely N-dealkylation sites (tertiary alicyclic amines) is 1. The number of alkyl halides is 1. The first-order valence-corrected chi connectivity index (χ1v) is 7.92. The third-order valence-corrected chi connectivity index (χ3v) is 4.00. The van der Waals surface area contributed by atoms with E-state index in [1.807, 2.05) is 0 Å². The number of hydrogen-bond donors (Lipinski definition) is 1. The standard InChI is InChI=1S/C15H19FN6O3/c1-9-17-6-13(25-9)15(24)22-4-3-12(11(16)8-22)18-14(23)5-10-7-21(2)20-19-10/h6-7,11-12H,3-5,8H2,1-2H3,(H,18,23). The summed E-state index contributed by atoms with van der Waals surface area (Å²) in [6.45, 7) is 1.86. The molecule has 2 aromatic rings. The highest BCUT2D eigenvalue weighted by atomic mass is 19.1. The Kier molecular flexibility index (Phi) is 4.77. The zero-order chi connectivity index (χ0) is 18.0. The topological polar surface area (TPSA) is 106 Å². The first kappa shape index (κ1) is 17.1. The number of oxazole rings is 1. The van der Waals surface area contributed by atoms with E-state index in [9.17, 15) is 14.0 Å². The molecule has 3 heterocycles. The molecular formula is C15H19FN6O3. The van der Waals surface area contributed by atoms with Crippen molar-refractivity contribution in [2.75, 3.05) is 13.1 Å². The van der Waals surface area contributed by atoms with Gasteiger partial charge in [-0.2, -0.15) is 0 Å². The van der Waals surface area contributed by atoms with E-state index in [1.54, 1.807) is 20.2 Å². The van der Waals surface area contributed by atoms with Crippen LogP contribution in [-0.4, -0.2) is 62.0 Å². The average molecular weight is 350 g/mol. The Labute approximate surface area is 143 Å². The average Bonchev–Trinajstić information content (AvgIpc) is 3.17. The third kappa shape index (κ3) is 4.01. The molecule has 3 rings (SSSR count). The lowest BCUT2D eigenvalue weighted by Crippen LogP contribution is -2.54. The summed E-state index contributed by atoms with van der Waals surface area (Å²) in [7, 11) is 1.70. The van der Waals surface area contributed by atoms with Crippen LogP contribution in [0, 0.1) is 6.92 Å². The Balaban J connectivity index is 1.53. The van der Waals surface area contributed by atoms with Crippen LogP contribution in [0.5, 0.6) is 0 Å². The van der Waals surface area contributed by atoms with Crippen LogP contribution in [0.25, 0.3) is 0 Å². The highest BCUT2D eigenvalue weighted by Gasteiger charge is 2.33. The van der Waals surface area contributed by atoms with Gasteiger partial charge in [-0.05, 0) is 6.42 Å². The number of carbonyl (C=O) groups excluding carboxylic acids is 2. The van der Waals surface area contributed by atoms with E-state index in [2.05, 4.69) is 20.6 Å². The first-order chi connectivity index (χ1) is 11.9. The maximum atomic E-state index is 14.4. The van der Waals surface area contributed by atoms with Crippen LogP contribution in [-0.2, 0) is 18.3 Å². The molecule has 2 amide bonds. The number of aromatic nitrogens is 4. The number of hydrogen-bond acceptors (Lipinski definition) is 6. The van der Waals surface area contributed by atoms with Crippen molar-refractivity contribution < 1.29 is 18.4 Å². The highest BCUT2D eigenvalue weighted by molar-refractivity contribution is 5.91. The highest BCUT2D eigenvalue weighted by Crippen LogP contribution is 2.17. The van der Waals surface area contributed by atoms with Gasteiger partial charge in [-0.1, -0.05) is 5.21 Å². The van der Waals surface area contributed by atoms with E-state index < -0.39 is 18.1 Å². The van der Waals surface area contributed by atoms with E-state index in [1.165, 1.54) is 15.8 Å². The normalized spacial score (nSPS) is 20.5. The number of halogens is 1. The molecule has 1 saturated heterocycles. The molecule has 0 aliphatic carbocycles. The monoisotopic (exact) mass is 350 g/mol. The van der Waals surface area contributed by atoms with Gasteiger partial charge in [-0.3, -0.25) is 14.3 Å². The second-order valence-corrected chi connectivity index (χ2v) is 6.03. The third-order valence-electron chi connectivity index (χ3n) is 4.00. The van der Waals surface area contributed by atoms with Crippen LogP contribution in [0.3, 0.4) is 0 Å². The zero-order valence-electron chi connectivity index (χ0n) is 14.0. The lowest BCUT2D eigenvalue weighted by atomic mass is 10.0. The van der Waals surface area contributed by atoms with Crippen molar-refractivity contribution in [3.8, 4) is 0 Å². The molecule has 2 atom stereocenters. The first-order valence-electron chi connectivity index (χ1n) is 7.92. The summed E-state index contributed by atoms with van der Waals surface area (Å²) in [5.41, 5.74) is 0.517. The number of nitrogens with zero attached hydrogens (tertiary/aromatic N) is 5. The minimum Gasteiger partial charge on any atom is -0.436 e. The van der Waals surface area contributed by atoms with Gasteiger partial charge in [0.05, 0.1) is 30.9 Å². The summed E-state index contributed by atoms with van der Waals surface area (Å²) in [5, 5.41) is 10.2. The lowest BCUT2D eigenvalue weighted by Gasteiger charge is -2.34. The number of aryl methyl sites for hydroxylation is 2. The summed E-state index contributed by atoms with van der Waals surface area (Å²) in [4.78, 5) is 29.5. The molecule has 1 N–H and O–H groups in total. The Bertz CT molecular complexity index is 773. The summed E-state index contributed by atoms with van der Waals surface area (Å²) >= 11 is 0. The number of nitrogens with one attached hydrogen (secondary N) is 1. The molecule has 2 unspecified atom stereocenters. The van der Waals surface area contributed by atoms with Gasteiger partial charge in [0.15, 0.2) is 5.89 Å². The van der Waals surface area contributed by atoms with Crippen molar-refractivity contribution in [2.45, 2.75) is 32.0 Å². The van der Waals surface area contributed by atoms with E-state index in [-0.39, 0.29) is 24.6 Å². The van der Waals surface area contributed by atoms with Crippen LogP contribution in [0.4, 0.5) is 4.39 Å². The molecule has 1 aliphatic rings. The Morgan fingerprint density at radius 2 is 2.28 bits per heavy atom. The molecule has 1 aliphatic heterocycles. The van der Waals surface area contributed by atoms with Crippen molar-refractivity contribution >= 4 is 11.8 Å². The fraction of sp³-hybridized carbons (Fsp3) is 0.533. The quantitative estimate of drug-likeness (QED) is 0.833. The van der Waals surface area contributed by atoms with Gasteiger partial charge < -0.3 is 14.6 Å². The fourth-order valence-corrected chi connectivity index (χ4v) is 2.77. The maximum Gasteiger partial charge on any atom is 0.291 e. The van der Waals surface area contributed by atoms with Gasteiger partial charge in [-0.25, -0.2) is 9.37 Å². The molecule has 0 spiro atoms. The number of piperidine rings is 1. The Hall–Kier alpha value is -2.78. The van der Waals surface area contributed by atoms with Gasteiger partial charge in [0.2, 0.25) is 11.7 Å². The van der Waals surface area contributed by atoms with Gasteiger partial charge in [0.25, 0.3) is 5.91 Å². The van der Waals surface area contributed by atoms with Crippen LogP contribution < -0.4 is 5.32 Å².